The Morgan fingerprint density at radius 1 is 0.658 bits per heavy atom. The van der Waals surface area contributed by atoms with Gasteiger partial charge in [0.2, 0.25) is 0 Å². The fourth-order valence-corrected chi connectivity index (χ4v) is 4.95. The molecule has 0 saturated carbocycles. The number of methoxy groups -OCH3 is 2. The van der Waals surface area contributed by atoms with Gasteiger partial charge in [-0.25, -0.2) is 0 Å². The minimum absolute atomic E-state index is 0.0622. The summed E-state index contributed by atoms with van der Waals surface area (Å²) in [7, 11) is 3.02. The highest BCUT2D eigenvalue weighted by atomic mass is 16.5. The maximum Gasteiger partial charge on any atom is 0.196 e. The van der Waals surface area contributed by atoms with Gasteiger partial charge in [0.25, 0.3) is 0 Å². The number of benzene rings is 2. The van der Waals surface area contributed by atoms with Crippen LogP contribution >= 0.6 is 0 Å². The monoisotopic (exact) mass is 522 g/mol. The van der Waals surface area contributed by atoms with Crippen LogP contribution in [0.15, 0.2) is 42.7 Å². The van der Waals surface area contributed by atoms with Crippen LogP contribution in [-0.2, 0) is 12.8 Å². The van der Waals surface area contributed by atoms with Gasteiger partial charge in [-0.2, -0.15) is 0 Å². The van der Waals surface area contributed by atoms with E-state index in [0.29, 0.717) is 94.6 Å². The molecule has 0 aliphatic heterocycles. The lowest BCUT2D eigenvalue weighted by molar-refractivity contribution is 0.283. The highest BCUT2D eigenvalue weighted by Gasteiger charge is 2.25. The first-order chi connectivity index (χ1) is 18.3. The molecule has 0 unspecified atom stereocenters. The van der Waals surface area contributed by atoms with Crippen molar-refractivity contribution < 1.29 is 28.5 Å². The van der Waals surface area contributed by atoms with Crippen LogP contribution in [0.1, 0.15) is 48.3 Å². The van der Waals surface area contributed by atoms with E-state index >= 15 is 0 Å². The first kappa shape index (κ1) is 27.4. The molecule has 2 N–H and O–H groups in total. The van der Waals surface area contributed by atoms with Crippen molar-refractivity contribution in [1.82, 2.24) is 0 Å². The highest BCUT2D eigenvalue weighted by Crippen LogP contribution is 2.43. The summed E-state index contributed by atoms with van der Waals surface area (Å²) < 4.78 is 23.8. The summed E-state index contributed by atoms with van der Waals surface area (Å²) in [4.78, 5) is 26.6. The van der Waals surface area contributed by atoms with Crippen molar-refractivity contribution in [3.05, 3.63) is 67.4 Å². The Hall–Kier alpha value is -3.62. The summed E-state index contributed by atoms with van der Waals surface area (Å²) in [5.41, 5.74) is 3.11. The number of hydrogen-bond donors (Lipinski definition) is 2. The van der Waals surface area contributed by atoms with Crippen LogP contribution < -0.4 is 20.3 Å². The number of fused-ring (bicyclic) bond motifs is 2. The minimum atomic E-state index is -0.232. The maximum atomic E-state index is 13.3. The van der Waals surface area contributed by atoms with E-state index in [1.807, 2.05) is 13.8 Å². The third kappa shape index (κ3) is 5.19. The third-order valence-corrected chi connectivity index (χ3v) is 6.78. The van der Waals surface area contributed by atoms with E-state index in [-0.39, 0.29) is 24.1 Å². The summed E-state index contributed by atoms with van der Waals surface area (Å²) in [6, 6.07) is 6.52. The number of aryl methyl sites for hydroxylation is 4. The molecule has 0 aliphatic carbocycles. The van der Waals surface area contributed by atoms with Crippen LogP contribution in [0, 0.1) is 13.8 Å². The van der Waals surface area contributed by atoms with Crippen LogP contribution in [0.2, 0.25) is 0 Å². The molecule has 8 nitrogen and oxygen atoms in total. The Balaban J connectivity index is 2.10. The molecular formula is C30H34O8. The van der Waals surface area contributed by atoms with Gasteiger partial charge in [0.05, 0.1) is 14.2 Å². The van der Waals surface area contributed by atoms with E-state index in [1.165, 1.54) is 26.4 Å². The second kappa shape index (κ2) is 11.8. The van der Waals surface area contributed by atoms with Crippen LogP contribution in [0.4, 0.5) is 0 Å². The van der Waals surface area contributed by atoms with Crippen LogP contribution in [-0.4, -0.2) is 37.6 Å². The molecule has 0 fully saturated rings. The van der Waals surface area contributed by atoms with Gasteiger partial charge >= 0.3 is 0 Å². The maximum absolute atomic E-state index is 13.3. The molecule has 2 aromatic carbocycles. The van der Waals surface area contributed by atoms with E-state index in [2.05, 4.69) is 0 Å². The van der Waals surface area contributed by atoms with Gasteiger partial charge in [-0.05, 0) is 62.8 Å². The molecule has 0 bridgehead atoms. The molecule has 0 radical (unpaired) electrons. The number of ether oxygens (including phenoxy) is 2. The summed E-state index contributed by atoms with van der Waals surface area (Å²) in [5, 5.41) is 19.0. The SMILES string of the molecule is COc1cc(C)c(-c2c(C)cc(OC)c3c(=O)cc(CCCCO)oc23)c2oc(CCCCO)cc(=O)c12. The largest absolute Gasteiger partial charge is 0.496 e. The Morgan fingerprint density at radius 3 is 1.39 bits per heavy atom. The average Bonchev–Trinajstić information content (AvgIpc) is 2.88. The lowest BCUT2D eigenvalue weighted by Gasteiger charge is -2.18. The van der Waals surface area contributed by atoms with Gasteiger partial charge in [0.1, 0.15) is 45.0 Å². The molecule has 2 heterocycles. The molecule has 0 atom stereocenters. The standard InChI is InChI=1S/C30H34O8/c1-17-13-23(35-3)27-21(33)15-19(9-5-7-11-31)37-29(27)25(17)26-18(2)14-24(36-4)28-22(34)16-20(38-30(26)28)10-6-8-12-32/h13-16,31-32H,5-12H2,1-4H3. The van der Waals surface area contributed by atoms with E-state index in [1.54, 1.807) is 12.1 Å². The van der Waals surface area contributed by atoms with Gasteiger partial charge in [-0.1, -0.05) is 0 Å². The van der Waals surface area contributed by atoms with E-state index in [0.717, 1.165) is 11.1 Å². The summed E-state index contributed by atoms with van der Waals surface area (Å²) in [5.74, 6) is 1.81. The molecule has 8 heteroatoms. The van der Waals surface area contributed by atoms with Crippen molar-refractivity contribution >= 4 is 21.9 Å². The molecule has 0 saturated heterocycles. The van der Waals surface area contributed by atoms with Crippen molar-refractivity contribution in [2.24, 2.45) is 0 Å². The zero-order chi connectivity index (χ0) is 27.4. The normalized spacial score (nSPS) is 11.4. The number of aliphatic hydroxyl groups is 2. The fraction of sp³-hybridized carbons (Fsp3) is 0.400. The molecule has 0 amide bonds. The zero-order valence-corrected chi connectivity index (χ0v) is 22.3. The third-order valence-electron chi connectivity index (χ3n) is 6.78. The predicted molar refractivity (Wildman–Crippen MR) is 147 cm³/mol. The number of aliphatic hydroxyl groups excluding tert-OH is 2. The summed E-state index contributed by atoms with van der Waals surface area (Å²) in [6.45, 7) is 3.92. The van der Waals surface area contributed by atoms with Crippen LogP contribution in [0.3, 0.4) is 0 Å². The molecule has 4 aromatic rings. The predicted octanol–water partition coefficient (Wildman–Crippen LogP) is 4.83. The van der Waals surface area contributed by atoms with Crippen molar-refractivity contribution in [2.45, 2.75) is 52.4 Å². The van der Waals surface area contributed by atoms with Crippen molar-refractivity contribution in [1.29, 1.82) is 0 Å². The molecule has 2 aromatic heterocycles. The summed E-state index contributed by atoms with van der Waals surface area (Å²) in [6.07, 6.45) is 3.51. The molecule has 38 heavy (non-hydrogen) atoms. The quantitative estimate of drug-likeness (QED) is 0.269. The zero-order valence-electron chi connectivity index (χ0n) is 22.3. The van der Waals surface area contributed by atoms with Gasteiger partial charge in [0.15, 0.2) is 10.9 Å². The van der Waals surface area contributed by atoms with Crippen molar-refractivity contribution in [2.75, 3.05) is 27.4 Å². The number of rotatable bonds is 11. The molecular weight excluding hydrogens is 488 g/mol. The topological polar surface area (TPSA) is 119 Å². The summed E-state index contributed by atoms with van der Waals surface area (Å²) >= 11 is 0. The second-order valence-corrected chi connectivity index (χ2v) is 9.47. The average molecular weight is 523 g/mol. The highest BCUT2D eigenvalue weighted by molar-refractivity contribution is 6.06. The number of unbranched alkanes of at least 4 members (excludes halogenated alkanes) is 2. The first-order valence-electron chi connectivity index (χ1n) is 12.8. The van der Waals surface area contributed by atoms with Gasteiger partial charge in [0, 0.05) is 49.3 Å². The minimum Gasteiger partial charge on any atom is -0.496 e. The van der Waals surface area contributed by atoms with Crippen LogP contribution in [0.25, 0.3) is 33.1 Å². The molecule has 202 valence electrons. The van der Waals surface area contributed by atoms with Gasteiger partial charge < -0.3 is 28.5 Å². The molecule has 0 aliphatic rings. The van der Waals surface area contributed by atoms with Gasteiger partial charge in [-0.3, -0.25) is 9.59 Å². The van der Waals surface area contributed by atoms with Crippen molar-refractivity contribution in [3.63, 3.8) is 0 Å². The Morgan fingerprint density at radius 2 is 1.05 bits per heavy atom. The fourth-order valence-electron chi connectivity index (χ4n) is 4.95. The number of hydrogen-bond acceptors (Lipinski definition) is 8. The first-order valence-corrected chi connectivity index (χ1v) is 12.8. The molecule has 0 spiro atoms. The van der Waals surface area contributed by atoms with Crippen molar-refractivity contribution in [3.8, 4) is 22.6 Å². The Bertz CT molecular complexity index is 1460. The van der Waals surface area contributed by atoms with Gasteiger partial charge in [-0.15, -0.1) is 0 Å². The van der Waals surface area contributed by atoms with Crippen LogP contribution in [0.5, 0.6) is 11.5 Å². The Kier molecular flexibility index (Phi) is 8.54. The lowest BCUT2D eigenvalue weighted by atomic mass is 9.91. The lowest BCUT2D eigenvalue weighted by Crippen LogP contribution is -2.08. The second-order valence-electron chi connectivity index (χ2n) is 9.47. The van der Waals surface area contributed by atoms with E-state index < -0.39 is 0 Å². The van der Waals surface area contributed by atoms with E-state index in [4.69, 9.17) is 18.3 Å². The smallest absolute Gasteiger partial charge is 0.196 e. The molecule has 4 rings (SSSR count). The Labute approximate surface area is 220 Å². The van der Waals surface area contributed by atoms with E-state index in [9.17, 15) is 19.8 Å².